The van der Waals surface area contributed by atoms with E-state index < -0.39 is 6.10 Å². The summed E-state index contributed by atoms with van der Waals surface area (Å²) in [5, 5.41) is 15.7. The van der Waals surface area contributed by atoms with E-state index in [1.165, 1.54) is 12.8 Å². The summed E-state index contributed by atoms with van der Waals surface area (Å²) in [4.78, 5) is 2.35. The smallest absolute Gasteiger partial charge is 0.227 e. The third-order valence-electron chi connectivity index (χ3n) is 6.14. The Hall–Kier alpha value is -2.67. The molecule has 2 aromatic carbocycles. The second kappa shape index (κ2) is 12.3. The lowest BCUT2D eigenvalue weighted by Gasteiger charge is -2.26. The third-order valence-corrected chi connectivity index (χ3v) is 6.14. The number of benzene rings is 2. The number of aromatic nitrogens is 2. The summed E-state index contributed by atoms with van der Waals surface area (Å²) in [5.41, 5.74) is 3.07. The zero-order valence-corrected chi connectivity index (χ0v) is 21.3. The Morgan fingerprint density at radius 3 is 2.34 bits per heavy atom. The minimum atomic E-state index is -0.528. The topological polar surface area (TPSA) is 59.8 Å². The normalized spacial score (nSPS) is 14.6. The maximum Gasteiger partial charge on any atom is 0.227 e. The molecule has 6 nitrogen and oxygen atoms in total. The lowest BCUT2D eigenvalue weighted by atomic mass is 10.1. The molecule has 35 heavy (non-hydrogen) atoms. The van der Waals surface area contributed by atoms with Crippen LogP contribution in [0.15, 0.2) is 60.7 Å². The molecule has 1 fully saturated rings. The van der Waals surface area contributed by atoms with Gasteiger partial charge < -0.3 is 14.6 Å². The molecule has 1 aromatic heterocycles. The fourth-order valence-electron chi connectivity index (χ4n) is 4.25. The fraction of sp³-hybridized carbons (Fsp3) is 0.483. The molecule has 188 valence electrons. The molecule has 0 unspecified atom stereocenters. The van der Waals surface area contributed by atoms with Gasteiger partial charge in [0.15, 0.2) is 0 Å². The predicted molar refractivity (Wildman–Crippen MR) is 139 cm³/mol. The first-order valence-electron chi connectivity index (χ1n) is 12.9. The average Bonchev–Trinajstić information content (AvgIpc) is 3.61. The largest absolute Gasteiger partial charge is 0.439 e. The van der Waals surface area contributed by atoms with Crippen LogP contribution in [0.5, 0.6) is 11.6 Å². The first-order chi connectivity index (χ1) is 17.0. The second-order valence-electron chi connectivity index (χ2n) is 9.97. The van der Waals surface area contributed by atoms with Gasteiger partial charge in [0.05, 0.1) is 29.7 Å². The van der Waals surface area contributed by atoms with Crippen molar-refractivity contribution >= 4 is 0 Å². The highest BCUT2D eigenvalue weighted by molar-refractivity contribution is 5.43. The molecule has 1 N–H and O–H groups in total. The summed E-state index contributed by atoms with van der Waals surface area (Å²) in [6, 6.07) is 20.0. The average molecular weight is 478 g/mol. The zero-order valence-electron chi connectivity index (χ0n) is 21.3. The Bertz CT molecular complexity index is 1030. The van der Waals surface area contributed by atoms with Gasteiger partial charge >= 0.3 is 0 Å². The highest BCUT2D eigenvalue weighted by Crippen LogP contribution is 2.34. The van der Waals surface area contributed by atoms with Crippen LogP contribution in [-0.2, 0) is 17.7 Å². The molecule has 0 bridgehead atoms. The van der Waals surface area contributed by atoms with E-state index in [4.69, 9.17) is 14.6 Å². The molecule has 0 radical (unpaired) electrons. The molecule has 0 spiro atoms. The van der Waals surface area contributed by atoms with Gasteiger partial charge in [-0.2, -0.15) is 5.10 Å². The van der Waals surface area contributed by atoms with Crippen LogP contribution >= 0.6 is 0 Å². The zero-order chi connectivity index (χ0) is 24.6. The lowest BCUT2D eigenvalue weighted by molar-refractivity contribution is 0.00608. The number of nitrogens with zero attached hydrogens (tertiary/aromatic N) is 3. The van der Waals surface area contributed by atoms with Crippen LogP contribution in [0.1, 0.15) is 44.9 Å². The van der Waals surface area contributed by atoms with Crippen LogP contribution in [0.3, 0.4) is 0 Å². The van der Waals surface area contributed by atoms with Crippen LogP contribution in [0.2, 0.25) is 0 Å². The highest BCUT2D eigenvalue weighted by Gasteiger charge is 2.28. The highest BCUT2D eigenvalue weighted by atomic mass is 16.5. The van der Waals surface area contributed by atoms with Crippen molar-refractivity contribution in [3.63, 3.8) is 0 Å². The van der Waals surface area contributed by atoms with Gasteiger partial charge in [-0.25, -0.2) is 4.68 Å². The fourth-order valence-corrected chi connectivity index (χ4v) is 4.25. The molecule has 1 atom stereocenters. The Balaban J connectivity index is 1.62. The number of aliphatic hydroxyl groups excluding tert-OH is 1. The number of para-hydroxylation sites is 2. The molecule has 0 saturated heterocycles. The molecule has 0 aliphatic heterocycles. The molecule has 0 amide bonds. The van der Waals surface area contributed by atoms with E-state index in [1.54, 1.807) is 0 Å². The van der Waals surface area contributed by atoms with Crippen LogP contribution in [0, 0.1) is 11.8 Å². The van der Waals surface area contributed by atoms with Crippen molar-refractivity contribution in [2.24, 2.45) is 11.8 Å². The monoisotopic (exact) mass is 477 g/mol. The van der Waals surface area contributed by atoms with Gasteiger partial charge in [0.2, 0.25) is 5.88 Å². The van der Waals surface area contributed by atoms with Crippen molar-refractivity contribution in [1.29, 1.82) is 0 Å². The predicted octanol–water partition coefficient (Wildman–Crippen LogP) is 5.47. The first-order valence-corrected chi connectivity index (χ1v) is 12.9. The molecule has 6 heteroatoms. The Kier molecular flexibility index (Phi) is 8.96. The number of aliphatic hydroxyl groups is 1. The number of rotatable bonds is 14. The Labute approximate surface area is 209 Å². The van der Waals surface area contributed by atoms with E-state index >= 15 is 0 Å². The SMILES string of the molecule is CCc1nn(-c2ccccc2)c(Oc2ccccc2)c1CN(CC1CC1)C[C@H](O)COCC(C)C. The number of ether oxygens (including phenoxy) is 2. The van der Waals surface area contributed by atoms with E-state index in [2.05, 4.69) is 25.7 Å². The summed E-state index contributed by atoms with van der Waals surface area (Å²) in [6.07, 6.45) is 2.79. The van der Waals surface area contributed by atoms with Crippen molar-refractivity contribution < 1.29 is 14.6 Å². The third kappa shape index (κ3) is 7.40. The summed E-state index contributed by atoms with van der Waals surface area (Å²) >= 11 is 0. The number of aryl methyl sites for hydroxylation is 1. The lowest BCUT2D eigenvalue weighted by Crippen LogP contribution is -2.36. The van der Waals surface area contributed by atoms with Gasteiger partial charge in [-0.15, -0.1) is 0 Å². The summed E-state index contributed by atoms with van der Waals surface area (Å²) in [6.45, 7) is 9.61. The van der Waals surface area contributed by atoms with Crippen LogP contribution in [0.25, 0.3) is 5.69 Å². The summed E-state index contributed by atoms with van der Waals surface area (Å²) < 4.78 is 14.1. The van der Waals surface area contributed by atoms with Crippen molar-refractivity contribution in [3.8, 4) is 17.3 Å². The minimum Gasteiger partial charge on any atom is -0.439 e. The van der Waals surface area contributed by atoms with Crippen LogP contribution < -0.4 is 4.74 Å². The van der Waals surface area contributed by atoms with Crippen molar-refractivity contribution in [1.82, 2.24) is 14.7 Å². The van der Waals surface area contributed by atoms with Gasteiger partial charge in [-0.05, 0) is 55.4 Å². The molecule has 1 aliphatic carbocycles. The Morgan fingerprint density at radius 1 is 1.03 bits per heavy atom. The molecule has 1 aliphatic rings. The van der Waals surface area contributed by atoms with E-state index in [0.717, 1.165) is 41.5 Å². The molecular weight excluding hydrogens is 438 g/mol. The molecular formula is C29H39N3O3. The first kappa shape index (κ1) is 25.4. The number of hydrogen-bond acceptors (Lipinski definition) is 5. The van der Waals surface area contributed by atoms with Gasteiger partial charge in [0.1, 0.15) is 5.75 Å². The van der Waals surface area contributed by atoms with Crippen molar-refractivity contribution in [3.05, 3.63) is 71.9 Å². The van der Waals surface area contributed by atoms with E-state index in [9.17, 15) is 5.11 Å². The standard InChI is InChI=1S/C29H39N3O3/c1-4-28-27(19-31(17-23-15-16-23)18-25(33)21-34-20-22(2)3)29(35-26-13-9-6-10-14-26)32(30-28)24-11-7-5-8-12-24/h5-14,22-23,25,33H,4,15-21H2,1-3H3/t25-/m0/s1. The van der Waals surface area contributed by atoms with E-state index in [0.29, 0.717) is 38.1 Å². The summed E-state index contributed by atoms with van der Waals surface area (Å²) in [5.74, 6) is 2.68. The second-order valence-corrected chi connectivity index (χ2v) is 9.97. The maximum absolute atomic E-state index is 10.7. The van der Waals surface area contributed by atoms with Crippen LogP contribution in [0.4, 0.5) is 0 Å². The number of hydrogen-bond donors (Lipinski definition) is 1. The van der Waals surface area contributed by atoms with Gasteiger partial charge in [-0.1, -0.05) is 57.2 Å². The van der Waals surface area contributed by atoms with Gasteiger partial charge in [-0.3, -0.25) is 4.90 Å². The van der Waals surface area contributed by atoms with Gasteiger partial charge in [0, 0.05) is 26.2 Å². The van der Waals surface area contributed by atoms with Crippen LogP contribution in [-0.4, -0.2) is 52.2 Å². The van der Waals surface area contributed by atoms with Crippen molar-refractivity contribution in [2.45, 2.75) is 52.7 Å². The van der Waals surface area contributed by atoms with Crippen molar-refractivity contribution in [2.75, 3.05) is 26.3 Å². The molecule has 1 heterocycles. The summed E-state index contributed by atoms with van der Waals surface area (Å²) in [7, 11) is 0. The molecule has 3 aromatic rings. The molecule has 1 saturated carbocycles. The quantitative estimate of drug-likeness (QED) is 0.334. The molecule has 4 rings (SSSR count). The van der Waals surface area contributed by atoms with Gasteiger partial charge in [0.25, 0.3) is 0 Å². The minimum absolute atomic E-state index is 0.358. The maximum atomic E-state index is 10.7. The van der Waals surface area contributed by atoms with E-state index in [1.807, 2.05) is 65.3 Å². The Morgan fingerprint density at radius 2 is 1.71 bits per heavy atom. The van der Waals surface area contributed by atoms with E-state index in [-0.39, 0.29) is 0 Å².